The molecule has 0 aliphatic rings. The van der Waals surface area contributed by atoms with E-state index in [2.05, 4.69) is 10.3 Å². The summed E-state index contributed by atoms with van der Waals surface area (Å²) in [5.74, 6) is 1.25. The number of amides is 1. The lowest BCUT2D eigenvalue weighted by Crippen LogP contribution is -2.13. The van der Waals surface area contributed by atoms with Gasteiger partial charge in [0.1, 0.15) is 30.6 Å². The lowest BCUT2D eigenvalue weighted by molar-refractivity contribution is -0.112. The summed E-state index contributed by atoms with van der Waals surface area (Å²) < 4.78 is 16.9. The SMILES string of the molecule is COc1cc(/C=C(/C#N)C(=O)Nc2nc(-c3ccccc3)cs2)ccc1OCCOc1ccc(C)cc1. The van der Waals surface area contributed by atoms with Crippen LogP contribution in [0.1, 0.15) is 11.1 Å². The van der Waals surface area contributed by atoms with Crippen LogP contribution in [0.4, 0.5) is 5.13 Å². The number of aryl methyl sites for hydroxylation is 1. The van der Waals surface area contributed by atoms with E-state index in [1.807, 2.05) is 73.0 Å². The molecular formula is C29H25N3O4S. The third-order valence-corrected chi connectivity index (χ3v) is 6.05. The first-order valence-corrected chi connectivity index (χ1v) is 12.4. The maximum atomic E-state index is 12.7. The minimum absolute atomic E-state index is 0.0568. The monoisotopic (exact) mass is 511 g/mol. The second-order valence-corrected chi connectivity index (χ2v) is 8.81. The van der Waals surface area contributed by atoms with Crippen LogP contribution >= 0.6 is 11.3 Å². The number of rotatable bonds is 10. The Morgan fingerprint density at radius 3 is 2.51 bits per heavy atom. The quantitative estimate of drug-likeness (QED) is 0.156. The molecule has 0 saturated carbocycles. The molecule has 0 saturated heterocycles. The molecule has 1 heterocycles. The topological polar surface area (TPSA) is 93.5 Å². The van der Waals surface area contributed by atoms with Crippen LogP contribution in [-0.4, -0.2) is 31.2 Å². The van der Waals surface area contributed by atoms with E-state index >= 15 is 0 Å². The van der Waals surface area contributed by atoms with Crippen LogP contribution in [0.15, 0.2) is 83.7 Å². The molecule has 0 atom stereocenters. The second-order valence-electron chi connectivity index (χ2n) is 7.95. The molecule has 3 aromatic carbocycles. The molecule has 7 nitrogen and oxygen atoms in total. The highest BCUT2D eigenvalue weighted by atomic mass is 32.1. The van der Waals surface area contributed by atoms with E-state index in [0.717, 1.165) is 17.0 Å². The van der Waals surface area contributed by atoms with E-state index < -0.39 is 5.91 Å². The largest absolute Gasteiger partial charge is 0.493 e. The van der Waals surface area contributed by atoms with Crippen LogP contribution < -0.4 is 19.5 Å². The molecule has 8 heteroatoms. The van der Waals surface area contributed by atoms with Gasteiger partial charge in [0, 0.05) is 10.9 Å². The summed E-state index contributed by atoms with van der Waals surface area (Å²) >= 11 is 1.30. The van der Waals surface area contributed by atoms with E-state index in [0.29, 0.717) is 35.4 Å². The highest BCUT2D eigenvalue weighted by Crippen LogP contribution is 2.29. The molecule has 0 bridgehead atoms. The van der Waals surface area contributed by atoms with Gasteiger partial charge in [-0.2, -0.15) is 5.26 Å². The maximum absolute atomic E-state index is 12.7. The van der Waals surface area contributed by atoms with Crippen molar-refractivity contribution in [3.63, 3.8) is 0 Å². The van der Waals surface area contributed by atoms with Crippen molar-refractivity contribution in [1.82, 2.24) is 4.98 Å². The van der Waals surface area contributed by atoms with Gasteiger partial charge in [-0.3, -0.25) is 10.1 Å². The Morgan fingerprint density at radius 1 is 1.03 bits per heavy atom. The number of nitrogens with one attached hydrogen (secondary N) is 1. The fourth-order valence-electron chi connectivity index (χ4n) is 3.39. The van der Waals surface area contributed by atoms with Gasteiger partial charge >= 0.3 is 0 Å². The Bertz CT molecular complexity index is 1420. The number of hydrogen-bond donors (Lipinski definition) is 1. The Morgan fingerprint density at radius 2 is 1.78 bits per heavy atom. The number of anilines is 1. The standard InChI is InChI=1S/C29H25N3O4S/c1-20-8-11-24(12-9-20)35-14-15-36-26-13-10-21(17-27(26)34-2)16-23(18-30)28(33)32-29-31-25(19-37-29)22-6-4-3-5-7-22/h3-13,16-17,19H,14-15H2,1-2H3,(H,31,32,33)/b23-16-. The molecule has 1 amide bonds. The van der Waals surface area contributed by atoms with Crippen LogP contribution in [0.2, 0.25) is 0 Å². The first kappa shape index (κ1) is 25.5. The van der Waals surface area contributed by atoms with Gasteiger partial charge in [0.15, 0.2) is 16.6 Å². The molecule has 37 heavy (non-hydrogen) atoms. The van der Waals surface area contributed by atoms with Crippen LogP contribution in [0.3, 0.4) is 0 Å². The summed E-state index contributed by atoms with van der Waals surface area (Å²) in [6.07, 6.45) is 1.49. The fraction of sp³-hybridized carbons (Fsp3) is 0.138. The smallest absolute Gasteiger partial charge is 0.268 e. The van der Waals surface area contributed by atoms with Crippen LogP contribution in [0, 0.1) is 18.3 Å². The average Bonchev–Trinajstić information content (AvgIpc) is 3.40. The molecule has 0 aliphatic heterocycles. The van der Waals surface area contributed by atoms with E-state index in [9.17, 15) is 10.1 Å². The van der Waals surface area contributed by atoms with Gasteiger partial charge in [0.05, 0.1) is 12.8 Å². The number of thiazole rings is 1. The summed E-state index contributed by atoms with van der Waals surface area (Å²) in [7, 11) is 1.53. The number of nitrogens with zero attached hydrogens (tertiary/aromatic N) is 2. The van der Waals surface area contributed by atoms with Gasteiger partial charge in [-0.1, -0.05) is 54.1 Å². The van der Waals surface area contributed by atoms with E-state index in [1.165, 1.54) is 30.1 Å². The lowest BCUT2D eigenvalue weighted by Gasteiger charge is -2.12. The number of carbonyl (C=O) groups is 1. The summed E-state index contributed by atoms with van der Waals surface area (Å²) in [6.45, 7) is 2.71. The zero-order valence-electron chi connectivity index (χ0n) is 20.4. The van der Waals surface area contributed by atoms with E-state index in [1.54, 1.807) is 18.2 Å². The molecule has 186 valence electrons. The van der Waals surface area contributed by atoms with Crippen molar-refractivity contribution in [2.45, 2.75) is 6.92 Å². The molecular weight excluding hydrogens is 486 g/mol. The van der Waals surface area contributed by atoms with Crippen molar-refractivity contribution in [3.8, 4) is 34.6 Å². The van der Waals surface area contributed by atoms with Crippen molar-refractivity contribution in [2.75, 3.05) is 25.6 Å². The number of aromatic nitrogens is 1. The average molecular weight is 512 g/mol. The van der Waals surface area contributed by atoms with E-state index in [4.69, 9.17) is 14.2 Å². The van der Waals surface area contributed by atoms with Gasteiger partial charge in [-0.25, -0.2) is 4.98 Å². The maximum Gasteiger partial charge on any atom is 0.268 e. The Kier molecular flexibility index (Phi) is 8.53. The van der Waals surface area contributed by atoms with Gasteiger partial charge in [0.2, 0.25) is 0 Å². The first-order valence-electron chi connectivity index (χ1n) is 11.5. The fourth-order valence-corrected chi connectivity index (χ4v) is 4.11. The molecule has 0 aliphatic carbocycles. The van der Waals surface area contributed by atoms with Crippen LogP contribution in [0.5, 0.6) is 17.2 Å². The summed E-state index contributed by atoms with van der Waals surface area (Å²) in [5, 5.41) is 14.6. The zero-order chi connectivity index (χ0) is 26.0. The third kappa shape index (κ3) is 6.97. The summed E-state index contributed by atoms with van der Waals surface area (Å²) in [6, 6.07) is 24.6. The van der Waals surface area contributed by atoms with Gasteiger partial charge in [0.25, 0.3) is 5.91 Å². The van der Waals surface area contributed by atoms with Crippen LogP contribution in [0.25, 0.3) is 17.3 Å². The van der Waals surface area contributed by atoms with Gasteiger partial charge in [-0.15, -0.1) is 11.3 Å². The zero-order valence-corrected chi connectivity index (χ0v) is 21.2. The van der Waals surface area contributed by atoms with Gasteiger partial charge < -0.3 is 14.2 Å². The van der Waals surface area contributed by atoms with E-state index in [-0.39, 0.29) is 5.57 Å². The second kappa shape index (κ2) is 12.4. The Balaban J connectivity index is 1.37. The highest BCUT2D eigenvalue weighted by Gasteiger charge is 2.14. The number of nitriles is 1. The Labute approximate surface area is 219 Å². The predicted octanol–water partition coefficient (Wildman–Crippen LogP) is 6.13. The molecule has 1 aromatic heterocycles. The third-order valence-electron chi connectivity index (χ3n) is 5.29. The lowest BCUT2D eigenvalue weighted by atomic mass is 10.1. The molecule has 4 rings (SSSR count). The van der Waals surface area contributed by atoms with Crippen molar-refractivity contribution < 1.29 is 19.0 Å². The van der Waals surface area contributed by atoms with Crippen molar-refractivity contribution in [3.05, 3.63) is 94.9 Å². The minimum atomic E-state index is -0.538. The molecule has 0 radical (unpaired) electrons. The van der Waals surface area contributed by atoms with Gasteiger partial charge in [-0.05, 0) is 42.8 Å². The molecule has 0 fully saturated rings. The number of methoxy groups -OCH3 is 1. The molecule has 1 N–H and O–H groups in total. The predicted molar refractivity (Wildman–Crippen MR) is 145 cm³/mol. The molecule has 0 spiro atoms. The Hall–Kier alpha value is -4.61. The molecule has 0 unspecified atom stereocenters. The summed E-state index contributed by atoms with van der Waals surface area (Å²) in [4.78, 5) is 17.2. The van der Waals surface area contributed by atoms with Crippen molar-refractivity contribution >= 4 is 28.5 Å². The first-order chi connectivity index (χ1) is 18.1. The number of benzene rings is 3. The number of carbonyl (C=O) groups excluding carboxylic acids is 1. The number of hydrogen-bond acceptors (Lipinski definition) is 7. The number of ether oxygens (including phenoxy) is 3. The normalized spacial score (nSPS) is 10.9. The van der Waals surface area contributed by atoms with Crippen molar-refractivity contribution in [1.29, 1.82) is 5.26 Å². The van der Waals surface area contributed by atoms with Crippen LogP contribution in [-0.2, 0) is 4.79 Å². The minimum Gasteiger partial charge on any atom is -0.493 e. The highest BCUT2D eigenvalue weighted by molar-refractivity contribution is 7.14. The summed E-state index contributed by atoms with van der Waals surface area (Å²) in [5.41, 5.74) is 3.44. The van der Waals surface area contributed by atoms with Crippen molar-refractivity contribution in [2.24, 2.45) is 0 Å². The molecule has 4 aromatic rings.